The van der Waals surface area contributed by atoms with Gasteiger partial charge in [0, 0.05) is 28.0 Å². The molecule has 0 aliphatic carbocycles. The number of benzene rings is 8. The molecule has 0 amide bonds. The van der Waals surface area contributed by atoms with Gasteiger partial charge in [-0.2, -0.15) is 0 Å². The Labute approximate surface area is 283 Å². The molecular formula is C46H29N3. The molecule has 49 heavy (non-hydrogen) atoms. The third-order valence-electron chi connectivity index (χ3n) is 9.79. The predicted octanol–water partition coefficient (Wildman–Crippen LogP) is 12.0. The second kappa shape index (κ2) is 11.0. The Bertz CT molecular complexity index is 2790. The fourth-order valence-corrected chi connectivity index (χ4v) is 7.53. The van der Waals surface area contributed by atoms with E-state index in [1.165, 1.54) is 43.1 Å². The Hall–Kier alpha value is -6.58. The lowest BCUT2D eigenvalue weighted by molar-refractivity contribution is 1.05. The van der Waals surface area contributed by atoms with Crippen molar-refractivity contribution in [1.82, 2.24) is 14.5 Å². The summed E-state index contributed by atoms with van der Waals surface area (Å²) in [6.45, 7) is 0. The summed E-state index contributed by atoms with van der Waals surface area (Å²) in [6, 6.07) is 62.6. The van der Waals surface area contributed by atoms with Gasteiger partial charge in [-0.15, -0.1) is 0 Å². The molecule has 8 aromatic carbocycles. The van der Waals surface area contributed by atoms with Crippen molar-refractivity contribution in [2.45, 2.75) is 0 Å². The quantitative estimate of drug-likeness (QED) is 0.183. The molecule has 3 heteroatoms. The normalized spacial score (nSPS) is 11.7. The van der Waals surface area contributed by atoms with Gasteiger partial charge < -0.3 is 0 Å². The first kappa shape index (κ1) is 27.5. The molecule has 2 aromatic heterocycles. The van der Waals surface area contributed by atoms with E-state index in [2.05, 4.69) is 174 Å². The van der Waals surface area contributed by atoms with E-state index in [-0.39, 0.29) is 0 Å². The summed E-state index contributed by atoms with van der Waals surface area (Å²) in [6.07, 6.45) is 0. The molecule has 0 bridgehead atoms. The predicted molar refractivity (Wildman–Crippen MR) is 205 cm³/mol. The Morgan fingerprint density at radius 3 is 1.45 bits per heavy atom. The molecule has 10 aromatic rings. The molecule has 0 aliphatic heterocycles. The van der Waals surface area contributed by atoms with Crippen molar-refractivity contribution < 1.29 is 0 Å². The second-order valence-electron chi connectivity index (χ2n) is 12.6. The first-order valence-electron chi connectivity index (χ1n) is 16.7. The SMILES string of the molecule is c1ccc(-c2cc(-n3c4ccccc4c4ccccc43)nc(-c3cccc(-c4ccc5c6ccccc6c6ccccc6c5c4)c3)n2)cc1. The number of nitrogens with zero attached hydrogens (tertiary/aromatic N) is 3. The van der Waals surface area contributed by atoms with E-state index in [0.29, 0.717) is 5.82 Å². The standard InChI is InChI=1S/C46H29N3/c1-2-13-30(14-3-1)42-29-45(49-43-23-10-8-21-39(43)40-22-9-11-24-44(40)49)48-46(47-42)33-16-12-15-31(27-33)32-25-26-38-36-19-5-4-17-34(36)35-18-6-7-20-37(35)41(38)28-32/h1-29H. The average Bonchev–Trinajstić information content (AvgIpc) is 3.52. The van der Waals surface area contributed by atoms with Crippen LogP contribution in [0.15, 0.2) is 176 Å². The van der Waals surface area contributed by atoms with Crippen LogP contribution in [0.1, 0.15) is 0 Å². The molecule has 0 fully saturated rings. The summed E-state index contributed by atoms with van der Waals surface area (Å²) < 4.78 is 2.27. The molecule has 0 N–H and O–H groups in total. The Morgan fingerprint density at radius 2 is 0.796 bits per heavy atom. The first-order valence-corrected chi connectivity index (χ1v) is 16.7. The van der Waals surface area contributed by atoms with Gasteiger partial charge in [0.1, 0.15) is 5.82 Å². The number of aromatic nitrogens is 3. The molecular weight excluding hydrogens is 595 g/mol. The molecule has 228 valence electrons. The topological polar surface area (TPSA) is 30.7 Å². The van der Waals surface area contributed by atoms with Crippen LogP contribution in [0.25, 0.3) is 93.7 Å². The first-order chi connectivity index (χ1) is 24.3. The second-order valence-corrected chi connectivity index (χ2v) is 12.6. The number of hydrogen-bond acceptors (Lipinski definition) is 2. The smallest absolute Gasteiger partial charge is 0.162 e. The summed E-state index contributed by atoms with van der Waals surface area (Å²) in [5.74, 6) is 1.54. The van der Waals surface area contributed by atoms with E-state index in [1.807, 2.05) is 6.07 Å². The largest absolute Gasteiger partial charge is 0.294 e. The molecule has 2 heterocycles. The highest BCUT2D eigenvalue weighted by Gasteiger charge is 2.17. The lowest BCUT2D eigenvalue weighted by atomic mass is 9.92. The number of para-hydroxylation sites is 2. The van der Waals surface area contributed by atoms with Crippen LogP contribution in [-0.4, -0.2) is 14.5 Å². The van der Waals surface area contributed by atoms with Crippen LogP contribution >= 0.6 is 0 Å². The number of rotatable bonds is 4. The summed E-state index contributed by atoms with van der Waals surface area (Å²) in [5, 5.41) is 10.0. The van der Waals surface area contributed by atoms with E-state index >= 15 is 0 Å². The van der Waals surface area contributed by atoms with Crippen LogP contribution in [0.3, 0.4) is 0 Å². The molecule has 0 aliphatic rings. The van der Waals surface area contributed by atoms with Crippen LogP contribution in [-0.2, 0) is 0 Å². The Kier molecular flexibility index (Phi) is 6.18. The Balaban J connectivity index is 1.17. The van der Waals surface area contributed by atoms with Crippen molar-refractivity contribution >= 4 is 54.1 Å². The maximum Gasteiger partial charge on any atom is 0.162 e. The van der Waals surface area contributed by atoms with Gasteiger partial charge in [0.2, 0.25) is 0 Å². The van der Waals surface area contributed by atoms with Gasteiger partial charge in [-0.3, -0.25) is 4.57 Å². The van der Waals surface area contributed by atoms with Gasteiger partial charge in [0.15, 0.2) is 5.82 Å². The minimum Gasteiger partial charge on any atom is -0.294 e. The fourth-order valence-electron chi connectivity index (χ4n) is 7.53. The van der Waals surface area contributed by atoms with E-state index in [4.69, 9.17) is 9.97 Å². The zero-order valence-electron chi connectivity index (χ0n) is 26.6. The van der Waals surface area contributed by atoms with Gasteiger partial charge in [0.25, 0.3) is 0 Å². The van der Waals surface area contributed by atoms with Crippen molar-refractivity contribution in [2.24, 2.45) is 0 Å². The Morgan fingerprint density at radius 1 is 0.306 bits per heavy atom. The van der Waals surface area contributed by atoms with E-state index < -0.39 is 0 Å². The summed E-state index contributed by atoms with van der Waals surface area (Å²) in [4.78, 5) is 10.5. The lowest BCUT2D eigenvalue weighted by Gasteiger charge is -2.13. The van der Waals surface area contributed by atoms with Gasteiger partial charge >= 0.3 is 0 Å². The van der Waals surface area contributed by atoms with E-state index in [1.54, 1.807) is 0 Å². The summed E-state index contributed by atoms with van der Waals surface area (Å²) in [7, 11) is 0. The highest BCUT2D eigenvalue weighted by atomic mass is 15.1. The average molecular weight is 624 g/mol. The van der Waals surface area contributed by atoms with Gasteiger partial charge in [-0.25, -0.2) is 9.97 Å². The van der Waals surface area contributed by atoms with Crippen LogP contribution < -0.4 is 0 Å². The maximum atomic E-state index is 5.28. The zero-order chi connectivity index (χ0) is 32.3. The minimum absolute atomic E-state index is 0.692. The zero-order valence-corrected chi connectivity index (χ0v) is 26.6. The van der Waals surface area contributed by atoms with Crippen molar-refractivity contribution in [3.63, 3.8) is 0 Å². The number of hydrogen-bond donors (Lipinski definition) is 0. The van der Waals surface area contributed by atoms with Gasteiger partial charge in [0.05, 0.1) is 16.7 Å². The highest BCUT2D eigenvalue weighted by molar-refractivity contribution is 6.25. The van der Waals surface area contributed by atoms with Crippen molar-refractivity contribution in [2.75, 3.05) is 0 Å². The van der Waals surface area contributed by atoms with Crippen LogP contribution in [0.5, 0.6) is 0 Å². The van der Waals surface area contributed by atoms with Crippen molar-refractivity contribution in [3.8, 4) is 39.6 Å². The van der Waals surface area contributed by atoms with Crippen LogP contribution in [0, 0.1) is 0 Å². The van der Waals surface area contributed by atoms with Crippen LogP contribution in [0.2, 0.25) is 0 Å². The molecule has 0 radical (unpaired) electrons. The summed E-state index contributed by atoms with van der Waals surface area (Å²) >= 11 is 0. The highest BCUT2D eigenvalue weighted by Crippen LogP contribution is 2.38. The minimum atomic E-state index is 0.692. The van der Waals surface area contributed by atoms with Crippen molar-refractivity contribution in [1.29, 1.82) is 0 Å². The number of fused-ring (bicyclic) bond motifs is 9. The lowest BCUT2D eigenvalue weighted by Crippen LogP contribution is -2.02. The molecule has 0 saturated carbocycles. The van der Waals surface area contributed by atoms with Crippen LogP contribution in [0.4, 0.5) is 0 Å². The van der Waals surface area contributed by atoms with E-state index in [9.17, 15) is 0 Å². The van der Waals surface area contributed by atoms with Gasteiger partial charge in [-0.1, -0.05) is 146 Å². The molecule has 10 rings (SSSR count). The molecule has 0 saturated heterocycles. The molecule has 0 unspecified atom stereocenters. The maximum absolute atomic E-state index is 5.28. The summed E-state index contributed by atoms with van der Waals surface area (Å²) in [5.41, 5.74) is 7.45. The molecule has 0 spiro atoms. The molecule has 0 atom stereocenters. The third-order valence-corrected chi connectivity index (χ3v) is 9.79. The van der Waals surface area contributed by atoms with E-state index in [0.717, 1.165) is 44.8 Å². The monoisotopic (exact) mass is 623 g/mol. The third kappa shape index (κ3) is 4.44. The van der Waals surface area contributed by atoms with Crippen molar-refractivity contribution in [3.05, 3.63) is 176 Å². The van der Waals surface area contributed by atoms with Gasteiger partial charge in [-0.05, 0) is 67.7 Å². The fraction of sp³-hybridized carbons (Fsp3) is 0. The molecule has 3 nitrogen and oxygen atoms in total.